The average Bonchev–Trinajstić information content (AvgIpc) is 2.57. The molecule has 2 nitrogen and oxygen atoms in total. The number of hydrogen-bond acceptors (Lipinski definition) is 2. The lowest BCUT2D eigenvalue weighted by atomic mass is 10.0. The Labute approximate surface area is 85.7 Å². The van der Waals surface area contributed by atoms with Gasteiger partial charge in [-0.25, -0.2) is 4.98 Å². The van der Waals surface area contributed by atoms with Crippen molar-refractivity contribution in [2.45, 2.75) is 45.1 Å². The minimum Gasteiger partial charge on any atom is -0.365 e. The summed E-state index contributed by atoms with van der Waals surface area (Å²) in [7, 11) is 0. The van der Waals surface area contributed by atoms with Gasteiger partial charge in [-0.15, -0.1) is 0 Å². The Hall–Kier alpha value is -1.05. The molecule has 0 atom stereocenters. The molecule has 0 amide bonds. The monoisotopic (exact) mass is 190 g/mol. The maximum absolute atomic E-state index is 4.38. The van der Waals surface area contributed by atoms with Gasteiger partial charge in [-0.3, -0.25) is 0 Å². The molecule has 1 N–H and O–H groups in total. The van der Waals surface area contributed by atoms with Crippen molar-refractivity contribution >= 4 is 5.82 Å². The van der Waals surface area contributed by atoms with E-state index in [0.29, 0.717) is 0 Å². The first-order chi connectivity index (χ1) is 6.70. The van der Waals surface area contributed by atoms with E-state index in [-0.39, 0.29) is 5.54 Å². The molecule has 1 aliphatic carbocycles. The van der Waals surface area contributed by atoms with E-state index in [9.17, 15) is 0 Å². The number of aromatic nitrogens is 1. The fraction of sp³-hybridized carbons (Fsp3) is 0.583. The second-order valence-electron chi connectivity index (χ2n) is 4.56. The second-order valence-corrected chi connectivity index (χ2v) is 4.56. The molecule has 1 aromatic heterocycles. The topological polar surface area (TPSA) is 24.9 Å². The third kappa shape index (κ3) is 1.89. The molecule has 14 heavy (non-hydrogen) atoms. The van der Waals surface area contributed by atoms with Crippen LogP contribution in [0, 0.1) is 6.92 Å². The molecular weight excluding hydrogens is 172 g/mol. The Bertz CT molecular complexity index is 314. The molecule has 1 fully saturated rings. The van der Waals surface area contributed by atoms with Gasteiger partial charge in [-0.05, 0) is 38.3 Å². The summed E-state index contributed by atoms with van der Waals surface area (Å²) in [5.74, 6) is 1.05. The lowest BCUT2D eigenvalue weighted by Crippen LogP contribution is -2.31. The fourth-order valence-electron chi connectivity index (χ4n) is 2.18. The van der Waals surface area contributed by atoms with E-state index in [4.69, 9.17) is 0 Å². The second kappa shape index (κ2) is 3.60. The van der Waals surface area contributed by atoms with Gasteiger partial charge in [0.2, 0.25) is 0 Å². The van der Waals surface area contributed by atoms with E-state index in [1.807, 2.05) is 12.3 Å². The summed E-state index contributed by atoms with van der Waals surface area (Å²) in [5.41, 5.74) is 1.51. The van der Waals surface area contributed by atoms with Gasteiger partial charge in [-0.1, -0.05) is 18.9 Å². The van der Waals surface area contributed by atoms with E-state index in [2.05, 4.69) is 30.2 Å². The first kappa shape index (κ1) is 9.50. The smallest absolute Gasteiger partial charge is 0.129 e. The molecule has 1 aliphatic rings. The van der Waals surface area contributed by atoms with Crippen molar-refractivity contribution in [3.8, 4) is 0 Å². The first-order valence-electron chi connectivity index (χ1n) is 5.39. The quantitative estimate of drug-likeness (QED) is 0.775. The van der Waals surface area contributed by atoms with Crippen molar-refractivity contribution in [3.05, 3.63) is 23.9 Å². The summed E-state index contributed by atoms with van der Waals surface area (Å²) in [6.45, 7) is 4.40. The molecule has 0 spiro atoms. The Kier molecular flexibility index (Phi) is 2.44. The van der Waals surface area contributed by atoms with Crippen LogP contribution in [0.15, 0.2) is 18.3 Å². The zero-order valence-electron chi connectivity index (χ0n) is 9.01. The minimum atomic E-state index is 0.277. The largest absolute Gasteiger partial charge is 0.365 e. The van der Waals surface area contributed by atoms with Crippen LogP contribution in [-0.2, 0) is 0 Å². The molecule has 0 saturated heterocycles. The molecule has 0 bridgehead atoms. The van der Waals surface area contributed by atoms with Crippen LogP contribution in [0.3, 0.4) is 0 Å². The van der Waals surface area contributed by atoms with Crippen molar-refractivity contribution in [1.29, 1.82) is 0 Å². The highest BCUT2D eigenvalue weighted by Gasteiger charge is 2.28. The lowest BCUT2D eigenvalue weighted by molar-refractivity contribution is 0.530. The summed E-state index contributed by atoms with van der Waals surface area (Å²) in [5, 5.41) is 3.57. The van der Waals surface area contributed by atoms with Gasteiger partial charge in [0.1, 0.15) is 5.82 Å². The van der Waals surface area contributed by atoms with Crippen LogP contribution in [0.2, 0.25) is 0 Å². The van der Waals surface area contributed by atoms with Gasteiger partial charge < -0.3 is 5.32 Å². The molecule has 1 saturated carbocycles. The van der Waals surface area contributed by atoms with Crippen LogP contribution in [0.25, 0.3) is 0 Å². The standard InChI is InChI=1S/C12H18N2/c1-10-6-5-9-13-11(10)14-12(2)7-3-4-8-12/h5-6,9H,3-4,7-8H2,1-2H3,(H,13,14). The molecule has 0 radical (unpaired) electrons. The summed E-state index contributed by atoms with van der Waals surface area (Å²) in [4.78, 5) is 4.38. The molecular formula is C12H18N2. The summed E-state index contributed by atoms with van der Waals surface area (Å²) < 4.78 is 0. The van der Waals surface area contributed by atoms with Crippen LogP contribution in [0.5, 0.6) is 0 Å². The summed E-state index contributed by atoms with van der Waals surface area (Å²) in [6.07, 6.45) is 7.07. The number of rotatable bonds is 2. The number of pyridine rings is 1. The number of nitrogens with zero attached hydrogens (tertiary/aromatic N) is 1. The van der Waals surface area contributed by atoms with E-state index < -0.39 is 0 Å². The Morgan fingerprint density at radius 3 is 2.71 bits per heavy atom. The molecule has 0 unspecified atom stereocenters. The highest BCUT2D eigenvalue weighted by molar-refractivity contribution is 5.45. The van der Waals surface area contributed by atoms with E-state index in [1.165, 1.54) is 31.2 Å². The van der Waals surface area contributed by atoms with Crippen LogP contribution >= 0.6 is 0 Å². The highest BCUT2D eigenvalue weighted by atomic mass is 15.1. The van der Waals surface area contributed by atoms with Crippen molar-refractivity contribution in [3.63, 3.8) is 0 Å². The van der Waals surface area contributed by atoms with Crippen molar-refractivity contribution in [2.75, 3.05) is 5.32 Å². The predicted molar refractivity (Wildman–Crippen MR) is 59.5 cm³/mol. The van der Waals surface area contributed by atoms with Gasteiger partial charge in [-0.2, -0.15) is 0 Å². The number of hydrogen-bond donors (Lipinski definition) is 1. The van der Waals surface area contributed by atoms with Crippen LogP contribution in [-0.4, -0.2) is 10.5 Å². The van der Waals surface area contributed by atoms with Gasteiger partial charge in [0.05, 0.1) is 0 Å². The number of nitrogens with one attached hydrogen (secondary N) is 1. The summed E-state index contributed by atoms with van der Waals surface area (Å²) in [6, 6.07) is 4.09. The van der Waals surface area contributed by atoms with Gasteiger partial charge >= 0.3 is 0 Å². The SMILES string of the molecule is Cc1cccnc1NC1(C)CCCC1. The van der Waals surface area contributed by atoms with E-state index >= 15 is 0 Å². The number of aryl methyl sites for hydroxylation is 1. The molecule has 0 aromatic carbocycles. The maximum atomic E-state index is 4.38. The van der Waals surface area contributed by atoms with E-state index in [0.717, 1.165) is 5.82 Å². The zero-order valence-corrected chi connectivity index (χ0v) is 9.01. The third-order valence-corrected chi connectivity index (χ3v) is 3.14. The fourth-order valence-corrected chi connectivity index (χ4v) is 2.18. The van der Waals surface area contributed by atoms with Crippen LogP contribution in [0.4, 0.5) is 5.82 Å². The Balaban J connectivity index is 2.14. The molecule has 2 rings (SSSR count). The molecule has 0 aliphatic heterocycles. The Morgan fingerprint density at radius 2 is 2.07 bits per heavy atom. The molecule has 1 heterocycles. The third-order valence-electron chi connectivity index (χ3n) is 3.14. The van der Waals surface area contributed by atoms with Crippen LogP contribution < -0.4 is 5.32 Å². The molecule has 2 heteroatoms. The molecule has 76 valence electrons. The molecule has 1 aromatic rings. The van der Waals surface area contributed by atoms with Gasteiger partial charge in [0.25, 0.3) is 0 Å². The normalized spacial score (nSPS) is 19.6. The number of anilines is 1. The van der Waals surface area contributed by atoms with Crippen LogP contribution in [0.1, 0.15) is 38.2 Å². The predicted octanol–water partition coefficient (Wildman–Crippen LogP) is 3.13. The summed E-state index contributed by atoms with van der Waals surface area (Å²) >= 11 is 0. The highest BCUT2D eigenvalue weighted by Crippen LogP contribution is 2.32. The van der Waals surface area contributed by atoms with Gasteiger partial charge in [0, 0.05) is 11.7 Å². The average molecular weight is 190 g/mol. The Morgan fingerprint density at radius 1 is 1.36 bits per heavy atom. The first-order valence-corrected chi connectivity index (χ1v) is 5.39. The lowest BCUT2D eigenvalue weighted by Gasteiger charge is -2.26. The zero-order chi connectivity index (χ0) is 10.0. The maximum Gasteiger partial charge on any atom is 0.129 e. The van der Waals surface area contributed by atoms with Crippen molar-refractivity contribution < 1.29 is 0 Å². The van der Waals surface area contributed by atoms with Crippen molar-refractivity contribution in [2.24, 2.45) is 0 Å². The van der Waals surface area contributed by atoms with Gasteiger partial charge in [0.15, 0.2) is 0 Å². The van der Waals surface area contributed by atoms with E-state index in [1.54, 1.807) is 0 Å². The van der Waals surface area contributed by atoms with Crippen molar-refractivity contribution in [1.82, 2.24) is 4.98 Å². The minimum absolute atomic E-state index is 0.277.